The van der Waals surface area contributed by atoms with E-state index in [9.17, 15) is 10.2 Å². The third kappa shape index (κ3) is 3.14. The molecule has 0 saturated heterocycles. The van der Waals surface area contributed by atoms with Gasteiger partial charge in [-0.25, -0.2) is 9.97 Å². The summed E-state index contributed by atoms with van der Waals surface area (Å²) < 4.78 is 15.7. The Kier molecular flexibility index (Phi) is 4.94. The highest BCUT2D eigenvalue weighted by molar-refractivity contribution is 5.92. The van der Waals surface area contributed by atoms with E-state index in [2.05, 4.69) is 15.3 Å². The molecule has 2 aromatic carbocycles. The summed E-state index contributed by atoms with van der Waals surface area (Å²) in [4.78, 5) is 8.52. The van der Waals surface area contributed by atoms with Gasteiger partial charge >= 0.3 is 0 Å². The normalized spacial score (nSPS) is 10.6. The van der Waals surface area contributed by atoms with Gasteiger partial charge in [-0.2, -0.15) is 0 Å². The zero-order valence-corrected chi connectivity index (χ0v) is 14.6. The molecule has 3 aromatic rings. The Morgan fingerprint density at radius 3 is 2.15 bits per heavy atom. The standard InChI is InChI=1S/C18H19N3O5/c1-24-14-7-12-13(4-10(14)8-22)19-9-20-18(12)21-11-5-15(25-2)17(23)16(6-11)26-3/h4-7,9,22-23H,8H2,1-3H3,(H,19,20,21). The lowest BCUT2D eigenvalue weighted by atomic mass is 10.1. The largest absolute Gasteiger partial charge is 0.502 e. The van der Waals surface area contributed by atoms with Gasteiger partial charge in [0, 0.05) is 28.8 Å². The predicted molar refractivity (Wildman–Crippen MR) is 96.5 cm³/mol. The lowest BCUT2D eigenvalue weighted by Crippen LogP contribution is -1.99. The van der Waals surface area contributed by atoms with E-state index in [1.54, 1.807) is 24.3 Å². The summed E-state index contributed by atoms with van der Waals surface area (Å²) in [5.41, 5.74) is 1.91. The summed E-state index contributed by atoms with van der Waals surface area (Å²) >= 11 is 0. The second-order valence-electron chi connectivity index (χ2n) is 5.42. The molecule has 0 aliphatic rings. The number of ether oxygens (including phenoxy) is 3. The number of aliphatic hydroxyl groups is 1. The first-order chi connectivity index (χ1) is 12.6. The molecule has 26 heavy (non-hydrogen) atoms. The van der Waals surface area contributed by atoms with Crippen LogP contribution in [0.5, 0.6) is 23.0 Å². The molecule has 0 unspecified atom stereocenters. The molecule has 0 saturated carbocycles. The van der Waals surface area contributed by atoms with Gasteiger partial charge in [-0.15, -0.1) is 0 Å². The number of rotatable bonds is 6. The van der Waals surface area contributed by atoms with Gasteiger partial charge in [0.1, 0.15) is 17.9 Å². The number of fused-ring (bicyclic) bond motifs is 1. The molecule has 0 fully saturated rings. The van der Waals surface area contributed by atoms with Gasteiger partial charge in [0.15, 0.2) is 11.5 Å². The fourth-order valence-electron chi connectivity index (χ4n) is 2.64. The number of benzene rings is 2. The van der Waals surface area contributed by atoms with Crippen LogP contribution < -0.4 is 19.5 Å². The van der Waals surface area contributed by atoms with Gasteiger partial charge in [0.25, 0.3) is 0 Å². The zero-order valence-electron chi connectivity index (χ0n) is 14.6. The van der Waals surface area contributed by atoms with Gasteiger partial charge < -0.3 is 29.7 Å². The minimum atomic E-state index is -0.155. The maximum atomic E-state index is 10.0. The Morgan fingerprint density at radius 2 is 1.58 bits per heavy atom. The molecule has 0 amide bonds. The summed E-state index contributed by atoms with van der Waals surface area (Å²) in [6.07, 6.45) is 1.42. The summed E-state index contributed by atoms with van der Waals surface area (Å²) in [6.45, 7) is -0.155. The first-order valence-electron chi connectivity index (χ1n) is 7.75. The van der Waals surface area contributed by atoms with Gasteiger partial charge in [-0.3, -0.25) is 0 Å². The maximum absolute atomic E-state index is 10.0. The monoisotopic (exact) mass is 357 g/mol. The number of phenolic OH excluding ortho intramolecular Hbond substituents is 1. The van der Waals surface area contributed by atoms with E-state index in [0.29, 0.717) is 33.7 Å². The summed E-state index contributed by atoms with van der Waals surface area (Å²) in [5.74, 6) is 1.53. The number of hydrogen-bond donors (Lipinski definition) is 3. The molecule has 0 radical (unpaired) electrons. The Bertz CT molecular complexity index is 920. The number of phenols is 1. The molecular weight excluding hydrogens is 338 g/mol. The van der Waals surface area contributed by atoms with Crippen LogP contribution in [0.15, 0.2) is 30.6 Å². The van der Waals surface area contributed by atoms with Crippen LogP contribution in [0.1, 0.15) is 5.56 Å². The quantitative estimate of drug-likeness (QED) is 0.578. The molecule has 1 heterocycles. The van der Waals surface area contributed by atoms with Crippen molar-refractivity contribution in [2.45, 2.75) is 6.61 Å². The minimum absolute atomic E-state index is 0.0812. The van der Waals surface area contributed by atoms with Crippen molar-refractivity contribution in [2.75, 3.05) is 26.6 Å². The number of aromatic nitrogens is 2. The number of hydrogen-bond acceptors (Lipinski definition) is 8. The molecule has 8 nitrogen and oxygen atoms in total. The van der Waals surface area contributed by atoms with Gasteiger partial charge in [0.2, 0.25) is 5.75 Å². The lowest BCUT2D eigenvalue weighted by molar-refractivity contribution is 0.274. The van der Waals surface area contributed by atoms with E-state index in [0.717, 1.165) is 0 Å². The number of aromatic hydroxyl groups is 1. The van der Waals surface area contributed by atoms with E-state index in [1.807, 2.05) is 0 Å². The van der Waals surface area contributed by atoms with E-state index in [-0.39, 0.29) is 23.9 Å². The van der Waals surface area contributed by atoms with Crippen LogP contribution in [0.3, 0.4) is 0 Å². The molecule has 0 bridgehead atoms. The number of nitrogens with zero attached hydrogens (tertiary/aromatic N) is 2. The maximum Gasteiger partial charge on any atom is 0.200 e. The Morgan fingerprint density at radius 1 is 0.923 bits per heavy atom. The van der Waals surface area contributed by atoms with E-state index in [4.69, 9.17) is 14.2 Å². The smallest absolute Gasteiger partial charge is 0.200 e. The Labute approximate surface area is 150 Å². The predicted octanol–water partition coefficient (Wildman–Crippen LogP) is 2.60. The lowest BCUT2D eigenvalue weighted by Gasteiger charge is -2.14. The van der Waals surface area contributed by atoms with E-state index < -0.39 is 0 Å². The number of aliphatic hydroxyl groups excluding tert-OH is 1. The summed E-state index contributed by atoms with van der Waals surface area (Å²) in [5, 5.41) is 23.4. The van der Waals surface area contributed by atoms with Crippen molar-refractivity contribution in [3.63, 3.8) is 0 Å². The van der Waals surface area contributed by atoms with Crippen LogP contribution in [-0.4, -0.2) is 41.5 Å². The van der Waals surface area contributed by atoms with Crippen LogP contribution >= 0.6 is 0 Å². The number of nitrogens with one attached hydrogen (secondary N) is 1. The SMILES string of the molecule is COc1cc2c(Nc3cc(OC)c(O)c(OC)c3)ncnc2cc1CO. The second kappa shape index (κ2) is 7.32. The van der Waals surface area contributed by atoms with Crippen molar-refractivity contribution in [3.05, 3.63) is 36.2 Å². The molecule has 0 atom stereocenters. The van der Waals surface area contributed by atoms with Crippen LogP contribution in [0, 0.1) is 0 Å². The fourth-order valence-corrected chi connectivity index (χ4v) is 2.64. The molecule has 8 heteroatoms. The molecule has 0 aliphatic carbocycles. The van der Waals surface area contributed by atoms with Crippen LogP contribution in [0.25, 0.3) is 10.9 Å². The highest BCUT2D eigenvalue weighted by atomic mass is 16.5. The Balaban J connectivity index is 2.09. The number of anilines is 2. The molecule has 0 spiro atoms. The van der Waals surface area contributed by atoms with E-state index in [1.165, 1.54) is 27.7 Å². The van der Waals surface area contributed by atoms with Gasteiger partial charge in [-0.1, -0.05) is 0 Å². The first-order valence-corrected chi connectivity index (χ1v) is 7.75. The average molecular weight is 357 g/mol. The third-order valence-electron chi connectivity index (χ3n) is 3.95. The van der Waals surface area contributed by atoms with Gasteiger partial charge in [0.05, 0.1) is 33.5 Å². The molecule has 1 aromatic heterocycles. The third-order valence-corrected chi connectivity index (χ3v) is 3.95. The van der Waals surface area contributed by atoms with Crippen molar-refractivity contribution in [3.8, 4) is 23.0 Å². The molecule has 136 valence electrons. The number of methoxy groups -OCH3 is 3. The van der Waals surface area contributed by atoms with Crippen molar-refractivity contribution in [1.29, 1.82) is 0 Å². The summed E-state index contributed by atoms with van der Waals surface area (Å²) in [6, 6.07) is 6.77. The fraction of sp³-hybridized carbons (Fsp3) is 0.222. The highest BCUT2D eigenvalue weighted by Gasteiger charge is 2.14. The van der Waals surface area contributed by atoms with Crippen molar-refractivity contribution >= 4 is 22.4 Å². The van der Waals surface area contributed by atoms with Crippen LogP contribution in [-0.2, 0) is 6.61 Å². The average Bonchev–Trinajstić information content (AvgIpc) is 2.68. The molecule has 0 aliphatic heterocycles. The molecule has 3 rings (SSSR count). The first kappa shape index (κ1) is 17.6. The van der Waals surface area contributed by atoms with Crippen molar-refractivity contribution in [2.24, 2.45) is 0 Å². The Hall–Kier alpha value is -3.26. The van der Waals surface area contributed by atoms with Crippen molar-refractivity contribution < 1.29 is 24.4 Å². The van der Waals surface area contributed by atoms with Crippen molar-refractivity contribution in [1.82, 2.24) is 9.97 Å². The second-order valence-corrected chi connectivity index (χ2v) is 5.42. The summed E-state index contributed by atoms with van der Waals surface area (Å²) in [7, 11) is 4.45. The van der Waals surface area contributed by atoms with Crippen LogP contribution in [0.2, 0.25) is 0 Å². The topological polar surface area (TPSA) is 106 Å². The van der Waals surface area contributed by atoms with Crippen LogP contribution in [0.4, 0.5) is 11.5 Å². The van der Waals surface area contributed by atoms with E-state index >= 15 is 0 Å². The minimum Gasteiger partial charge on any atom is -0.502 e. The zero-order chi connectivity index (χ0) is 18.7. The molecular formula is C18H19N3O5. The van der Waals surface area contributed by atoms with Gasteiger partial charge in [-0.05, 0) is 12.1 Å². The highest BCUT2D eigenvalue weighted by Crippen LogP contribution is 2.40. The molecule has 3 N–H and O–H groups in total.